The minimum Gasteiger partial charge on any atom is -0.390 e. The molecular formula is C11H24N2O. The summed E-state index contributed by atoms with van der Waals surface area (Å²) in [6.45, 7) is 4.32. The average Bonchev–Trinajstić information content (AvgIpc) is 2.26. The smallest absolute Gasteiger partial charge is 0.0789 e. The second kappa shape index (κ2) is 6.38. The van der Waals surface area contributed by atoms with Crippen molar-refractivity contribution in [2.45, 2.75) is 51.2 Å². The van der Waals surface area contributed by atoms with Crippen LogP contribution in [-0.4, -0.2) is 41.8 Å². The van der Waals surface area contributed by atoms with Gasteiger partial charge in [0.2, 0.25) is 0 Å². The Hall–Kier alpha value is -0.120. The molecule has 0 spiro atoms. The number of aliphatic hydroxyl groups is 1. The van der Waals surface area contributed by atoms with E-state index in [1.165, 1.54) is 32.1 Å². The van der Waals surface area contributed by atoms with Crippen LogP contribution in [0.15, 0.2) is 0 Å². The summed E-state index contributed by atoms with van der Waals surface area (Å²) >= 11 is 0. The van der Waals surface area contributed by atoms with Gasteiger partial charge in [-0.1, -0.05) is 26.2 Å². The molecule has 0 aromatic heterocycles. The van der Waals surface area contributed by atoms with Crippen LogP contribution < -0.4 is 5.73 Å². The maximum absolute atomic E-state index is 9.52. The minimum atomic E-state index is -0.350. The van der Waals surface area contributed by atoms with Crippen molar-refractivity contribution in [2.24, 2.45) is 5.73 Å². The molecule has 1 fully saturated rings. The molecule has 14 heavy (non-hydrogen) atoms. The Bertz CT molecular complexity index is 146. The van der Waals surface area contributed by atoms with Crippen LogP contribution in [0.4, 0.5) is 0 Å². The van der Waals surface area contributed by atoms with Crippen molar-refractivity contribution < 1.29 is 5.11 Å². The standard InChI is InChI=1S/C11H24N2O/c1-2-13(9-11(14)8-12)10-6-4-3-5-7-10/h10-11,14H,2-9,12H2,1H3. The number of likely N-dealkylation sites (N-methyl/N-ethyl adjacent to an activating group) is 1. The van der Waals surface area contributed by atoms with Gasteiger partial charge in [-0.2, -0.15) is 0 Å². The van der Waals surface area contributed by atoms with E-state index in [0.717, 1.165) is 13.1 Å². The van der Waals surface area contributed by atoms with Crippen molar-refractivity contribution in [1.82, 2.24) is 4.90 Å². The molecule has 3 nitrogen and oxygen atoms in total. The molecular weight excluding hydrogens is 176 g/mol. The molecule has 3 heteroatoms. The van der Waals surface area contributed by atoms with E-state index in [1.54, 1.807) is 0 Å². The zero-order chi connectivity index (χ0) is 10.4. The summed E-state index contributed by atoms with van der Waals surface area (Å²) in [6, 6.07) is 0.690. The molecule has 1 saturated carbocycles. The van der Waals surface area contributed by atoms with Crippen LogP contribution in [0.25, 0.3) is 0 Å². The zero-order valence-electron chi connectivity index (χ0n) is 9.28. The minimum absolute atomic E-state index is 0.350. The molecule has 0 heterocycles. The molecule has 3 N–H and O–H groups in total. The first-order valence-corrected chi connectivity index (χ1v) is 5.90. The van der Waals surface area contributed by atoms with Gasteiger partial charge in [0.05, 0.1) is 6.10 Å². The van der Waals surface area contributed by atoms with Gasteiger partial charge < -0.3 is 10.8 Å². The SMILES string of the molecule is CCN(CC(O)CN)C1CCCCC1. The Morgan fingerprint density at radius 1 is 1.36 bits per heavy atom. The van der Waals surface area contributed by atoms with E-state index in [0.29, 0.717) is 12.6 Å². The first kappa shape index (κ1) is 12.0. The Morgan fingerprint density at radius 3 is 2.50 bits per heavy atom. The summed E-state index contributed by atoms with van der Waals surface area (Å²) < 4.78 is 0. The number of hydrogen-bond donors (Lipinski definition) is 2. The lowest BCUT2D eigenvalue weighted by atomic mass is 9.94. The summed E-state index contributed by atoms with van der Waals surface area (Å²) in [6.07, 6.45) is 6.32. The Kier molecular flexibility index (Phi) is 5.45. The van der Waals surface area contributed by atoms with Crippen molar-refractivity contribution >= 4 is 0 Å². The van der Waals surface area contributed by atoms with E-state index >= 15 is 0 Å². The Morgan fingerprint density at radius 2 is 2.00 bits per heavy atom. The molecule has 84 valence electrons. The lowest BCUT2D eigenvalue weighted by Gasteiger charge is -2.34. The van der Waals surface area contributed by atoms with Gasteiger partial charge in [-0.15, -0.1) is 0 Å². The van der Waals surface area contributed by atoms with Gasteiger partial charge in [-0.05, 0) is 19.4 Å². The lowest BCUT2D eigenvalue weighted by Crippen LogP contribution is -2.43. The number of hydrogen-bond acceptors (Lipinski definition) is 3. The predicted molar refractivity (Wildman–Crippen MR) is 59.2 cm³/mol. The van der Waals surface area contributed by atoms with Crippen LogP contribution in [-0.2, 0) is 0 Å². The van der Waals surface area contributed by atoms with Crippen LogP contribution in [0.5, 0.6) is 0 Å². The lowest BCUT2D eigenvalue weighted by molar-refractivity contribution is 0.0813. The highest BCUT2D eigenvalue weighted by atomic mass is 16.3. The predicted octanol–water partition coefficient (Wildman–Crippen LogP) is 0.961. The third kappa shape index (κ3) is 3.56. The maximum Gasteiger partial charge on any atom is 0.0789 e. The molecule has 0 saturated heterocycles. The summed E-state index contributed by atoms with van der Waals surface area (Å²) in [7, 11) is 0. The van der Waals surface area contributed by atoms with Gasteiger partial charge in [-0.25, -0.2) is 0 Å². The highest BCUT2D eigenvalue weighted by Crippen LogP contribution is 2.22. The molecule has 0 amide bonds. The third-order valence-corrected chi connectivity index (χ3v) is 3.21. The largest absolute Gasteiger partial charge is 0.390 e. The monoisotopic (exact) mass is 200 g/mol. The van der Waals surface area contributed by atoms with E-state index in [9.17, 15) is 5.11 Å². The van der Waals surface area contributed by atoms with Crippen molar-refractivity contribution in [2.75, 3.05) is 19.6 Å². The van der Waals surface area contributed by atoms with E-state index in [4.69, 9.17) is 5.73 Å². The molecule has 0 bridgehead atoms. The van der Waals surface area contributed by atoms with Gasteiger partial charge in [0.25, 0.3) is 0 Å². The average molecular weight is 200 g/mol. The Balaban J connectivity index is 2.35. The first-order chi connectivity index (χ1) is 6.77. The second-order valence-corrected chi connectivity index (χ2v) is 4.27. The first-order valence-electron chi connectivity index (χ1n) is 5.90. The van der Waals surface area contributed by atoms with Crippen LogP contribution in [0.3, 0.4) is 0 Å². The molecule has 0 aromatic rings. The van der Waals surface area contributed by atoms with Gasteiger partial charge in [0, 0.05) is 19.1 Å². The number of aliphatic hydroxyl groups excluding tert-OH is 1. The van der Waals surface area contributed by atoms with Crippen LogP contribution in [0.2, 0.25) is 0 Å². The fourth-order valence-corrected chi connectivity index (χ4v) is 2.33. The maximum atomic E-state index is 9.52. The molecule has 1 aliphatic carbocycles. The van der Waals surface area contributed by atoms with Crippen molar-refractivity contribution in [1.29, 1.82) is 0 Å². The van der Waals surface area contributed by atoms with Gasteiger partial charge in [0.1, 0.15) is 0 Å². The Labute approximate surface area is 87.3 Å². The summed E-state index contributed by atoms with van der Waals surface area (Å²) in [5.74, 6) is 0. The van der Waals surface area contributed by atoms with Crippen molar-refractivity contribution in [3.05, 3.63) is 0 Å². The molecule has 0 aromatic carbocycles. The fourth-order valence-electron chi connectivity index (χ4n) is 2.33. The van der Waals surface area contributed by atoms with Gasteiger partial charge in [0.15, 0.2) is 0 Å². The van der Waals surface area contributed by atoms with Crippen molar-refractivity contribution in [3.63, 3.8) is 0 Å². The highest BCUT2D eigenvalue weighted by molar-refractivity contribution is 4.77. The van der Waals surface area contributed by atoms with E-state index < -0.39 is 0 Å². The normalized spacial score (nSPS) is 21.4. The fraction of sp³-hybridized carbons (Fsp3) is 1.00. The molecule has 0 aliphatic heterocycles. The van der Waals surface area contributed by atoms with E-state index in [-0.39, 0.29) is 6.10 Å². The van der Waals surface area contributed by atoms with Gasteiger partial charge >= 0.3 is 0 Å². The molecule has 1 atom stereocenters. The topological polar surface area (TPSA) is 49.5 Å². The van der Waals surface area contributed by atoms with Crippen LogP contribution in [0, 0.1) is 0 Å². The summed E-state index contributed by atoms with van der Waals surface area (Å²) in [5, 5.41) is 9.52. The summed E-state index contributed by atoms with van der Waals surface area (Å²) in [5.41, 5.74) is 5.43. The highest BCUT2D eigenvalue weighted by Gasteiger charge is 2.21. The second-order valence-electron chi connectivity index (χ2n) is 4.27. The molecule has 1 rings (SSSR count). The van der Waals surface area contributed by atoms with Crippen LogP contribution >= 0.6 is 0 Å². The number of nitrogens with two attached hydrogens (primary N) is 1. The third-order valence-electron chi connectivity index (χ3n) is 3.21. The molecule has 1 unspecified atom stereocenters. The van der Waals surface area contributed by atoms with Gasteiger partial charge in [-0.3, -0.25) is 4.90 Å². The van der Waals surface area contributed by atoms with E-state index in [1.807, 2.05) is 0 Å². The molecule has 0 radical (unpaired) electrons. The quantitative estimate of drug-likeness (QED) is 0.695. The zero-order valence-corrected chi connectivity index (χ0v) is 9.28. The molecule has 1 aliphatic rings. The van der Waals surface area contributed by atoms with Crippen molar-refractivity contribution in [3.8, 4) is 0 Å². The summed E-state index contributed by atoms with van der Waals surface area (Å²) in [4.78, 5) is 2.39. The number of nitrogens with zero attached hydrogens (tertiary/aromatic N) is 1. The van der Waals surface area contributed by atoms with Crippen LogP contribution in [0.1, 0.15) is 39.0 Å². The van der Waals surface area contributed by atoms with E-state index in [2.05, 4.69) is 11.8 Å². The number of rotatable bonds is 5.